The third-order valence-corrected chi connectivity index (χ3v) is 5.45. The lowest BCUT2D eigenvalue weighted by Gasteiger charge is -2.13. The number of hydrogen-bond donors (Lipinski definition) is 2. The van der Waals surface area contributed by atoms with E-state index in [-0.39, 0.29) is 17.2 Å². The van der Waals surface area contributed by atoms with Gasteiger partial charge < -0.3 is 10.6 Å². The SMILES string of the molecule is O=C(Nc1cccnc1)c1ccc(CNC(=O)[C@@]23CCC[C@@H]2C3)cc1. The van der Waals surface area contributed by atoms with Crippen LogP contribution in [0.5, 0.6) is 0 Å². The Morgan fingerprint density at radius 1 is 1.20 bits per heavy atom. The van der Waals surface area contributed by atoms with E-state index in [1.165, 1.54) is 12.8 Å². The van der Waals surface area contributed by atoms with Gasteiger partial charge in [-0.3, -0.25) is 14.6 Å². The Hall–Kier alpha value is -2.69. The average Bonchev–Trinajstić information content (AvgIpc) is 3.22. The van der Waals surface area contributed by atoms with Crippen molar-refractivity contribution in [2.75, 3.05) is 5.32 Å². The topological polar surface area (TPSA) is 71.1 Å². The Balaban J connectivity index is 1.32. The molecule has 2 aliphatic rings. The fourth-order valence-electron chi connectivity index (χ4n) is 3.89. The Bertz CT molecular complexity index is 788. The van der Waals surface area contributed by atoms with Gasteiger partial charge in [-0.1, -0.05) is 18.6 Å². The Kier molecular flexibility index (Phi) is 3.99. The summed E-state index contributed by atoms with van der Waals surface area (Å²) < 4.78 is 0. The second kappa shape index (κ2) is 6.31. The zero-order chi connectivity index (χ0) is 17.3. The van der Waals surface area contributed by atoms with Crippen LogP contribution in [-0.4, -0.2) is 16.8 Å². The maximum atomic E-state index is 12.4. The number of carbonyl (C=O) groups excluding carboxylic acids is 2. The summed E-state index contributed by atoms with van der Waals surface area (Å²) in [6, 6.07) is 10.9. The molecular weight excluding hydrogens is 314 g/mol. The summed E-state index contributed by atoms with van der Waals surface area (Å²) in [7, 11) is 0. The zero-order valence-electron chi connectivity index (χ0n) is 14.0. The Labute approximate surface area is 146 Å². The highest BCUT2D eigenvalue weighted by atomic mass is 16.2. The van der Waals surface area contributed by atoms with Gasteiger partial charge in [0.25, 0.3) is 5.91 Å². The molecule has 1 heterocycles. The molecule has 0 unspecified atom stereocenters. The molecule has 0 saturated heterocycles. The van der Waals surface area contributed by atoms with Crippen molar-refractivity contribution in [2.24, 2.45) is 11.3 Å². The normalized spacial score (nSPS) is 23.6. The van der Waals surface area contributed by atoms with Crippen LogP contribution in [0.2, 0.25) is 0 Å². The van der Waals surface area contributed by atoms with E-state index in [1.54, 1.807) is 36.7 Å². The van der Waals surface area contributed by atoms with E-state index < -0.39 is 0 Å². The Morgan fingerprint density at radius 2 is 2.04 bits per heavy atom. The van der Waals surface area contributed by atoms with Gasteiger partial charge in [0.15, 0.2) is 0 Å². The average molecular weight is 335 g/mol. The van der Waals surface area contributed by atoms with E-state index in [0.717, 1.165) is 18.4 Å². The molecular formula is C20H21N3O2. The van der Waals surface area contributed by atoms with Crippen molar-refractivity contribution in [1.82, 2.24) is 10.3 Å². The first-order valence-corrected chi connectivity index (χ1v) is 8.76. The van der Waals surface area contributed by atoms with Gasteiger partial charge in [0, 0.05) is 18.3 Å². The van der Waals surface area contributed by atoms with Gasteiger partial charge in [-0.15, -0.1) is 0 Å². The molecule has 0 aliphatic heterocycles. The molecule has 0 bridgehead atoms. The highest BCUT2D eigenvalue weighted by molar-refractivity contribution is 6.04. The molecule has 2 aromatic rings. The minimum atomic E-state index is -0.172. The second-order valence-corrected chi connectivity index (χ2v) is 7.02. The van der Waals surface area contributed by atoms with Gasteiger partial charge in [-0.25, -0.2) is 0 Å². The number of benzene rings is 1. The predicted molar refractivity (Wildman–Crippen MR) is 94.9 cm³/mol. The third kappa shape index (κ3) is 3.14. The molecule has 5 heteroatoms. The number of hydrogen-bond acceptors (Lipinski definition) is 3. The molecule has 25 heavy (non-hydrogen) atoms. The first kappa shape index (κ1) is 15.8. The fourth-order valence-corrected chi connectivity index (χ4v) is 3.89. The molecule has 5 nitrogen and oxygen atoms in total. The standard InChI is InChI=1S/C20H21N3O2/c24-18(23-17-4-2-10-21-13-17)15-7-5-14(6-8-15)12-22-19(25)20-9-1-3-16(20)11-20/h2,4-8,10,13,16H,1,3,9,11-12H2,(H,22,25)(H,23,24)/t16-,20-/m1/s1. The van der Waals surface area contributed by atoms with E-state index >= 15 is 0 Å². The summed E-state index contributed by atoms with van der Waals surface area (Å²) in [5.41, 5.74) is 2.19. The van der Waals surface area contributed by atoms with Crippen LogP contribution in [0, 0.1) is 11.3 Å². The lowest BCUT2D eigenvalue weighted by atomic mass is 10.0. The number of nitrogens with one attached hydrogen (secondary N) is 2. The molecule has 2 saturated carbocycles. The van der Waals surface area contributed by atoms with Crippen LogP contribution in [0.4, 0.5) is 5.69 Å². The molecule has 0 spiro atoms. The summed E-state index contributed by atoms with van der Waals surface area (Å²) in [6.45, 7) is 0.512. The van der Waals surface area contributed by atoms with E-state index in [0.29, 0.717) is 23.7 Å². The van der Waals surface area contributed by atoms with Crippen LogP contribution in [0.3, 0.4) is 0 Å². The van der Waals surface area contributed by atoms with Crippen LogP contribution in [0.1, 0.15) is 41.6 Å². The number of nitrogens with zero attached hydrogens (tertiary/aromatic N) is 1. The van der Waals surface area contributed by atoms with Crippen LogP contribution in [0.15, 0.2) is 48.8 Å². The molecule has 1 aromatic heterocycles. The molecule has 2 amide bonds. The summed E-state index contributed by atoms with van der Waals surface area (Å²) in [6.07, 6.45) is 7.75. The lowest BCUT2D eigenvalue weighted by molar-refractivity contribution is -0.126. The van der Waals surface area contributed by atoms with E-state index in [4.69, 9.17) is 0 Å². The highest BCUT2D eigenvalue weighted by Crippen LogP contribution is 2.63. The van der Waals surface area contributed by atoms with E-state index in [9.17, 15) is 9.59 Å². The van der Waals surface area contributed by atoms with E-state index in [2.05, 4.69) is 15.6 Å². The molecule has 0 radical (unpaired) electrons. The van der Waals surface area contributed by atoms with Crippen molar-refractivity contribution in [3.05, 3.63) is 59.9 Å². The molecule has 2 N–H and O–H groups in total. The summed E-state index contributed by atoms with van der Waals surface area (Å²) in [5.74, 6) is 0.647. The van der Waals surface area contributed by atoms with Crippen molar-refractivity contribution in [3.63, 3.8) is 0 Å². The number of amides is 2. The number of fused-ring (bicyclic) bond motifs is 1. The van der Waals surface area contributed by atoms with Crippen molar-refractivity contribution in [1.29, 1.82) is 0 Å². The smallest absolute Gasteiger partial charge is 0.255 e. The van der Waals surface area contributed by atoms with Gasteiger partial charge in [0.2, 0.25) is 5.91 Å². The van der Waals surface area contributed by atoms with Crippen LogP contribution in [-0.2, 0) is 11.3 Å². The van der Waals surface area contributed by atoms with Crippen molar-refractivity contribution in [3.8, 4) is 0 Å². The fraction of sp³-hybridized carbons (Fsp3) is 0.350. The quantitative estimate of drug-likeness (QED) is 0.882. The van der Waals surface area contributed by atoms with Gasteiger partial charge in [0.05, 0.1) is 17.3 Å². The number of carbonyl (C=O) groups is 2. The second-order valence-electron chi connectivity index (χ2n) is 7.02. The van der Waals surface area contributed by atoms with Gasteiger partial charge in [-0.2, -0.15) is 0 Å². The number of anilines is 1. The molecule has 4 rings (SSSR count). The van der Waals surface area contributed by atoms with Gasteiger partial charge >= 0.3 is 0 Å². The maximum absolute atomic E-state index is 12.4. The molecule has 2 fully saturated rings. The van der Waals surface area contributed by atoms with Crippen LogP contribution < -0.4 is 10.6 Å². The lowest BCUT2D eigenvalue weighted by Crippen LogP contribution is -2.31. The third-order valence-electron chi connectivity index (χ3n) is 5.45. The van der Waals surface area contributed by atoms with Crippen molar-refractivity contribution < 1.29 is 9.59 Å². The summed E-state index contributed by atoms with van der Waals surface area (Å²) >= 11 is 0. The summed E-state index contributed by atoms with van der Waals surface area (Å²) in [5, 5.41) is 5.87. The summed E-state index contributed by atoms with van der Waals surface area (Å²) in [4.78, 5) is 28.6. The highest BCUT2D eigenvalue weighted by Gasteiger charge is 2.61. The molecule has 2 aliphatic carbocycles. The van der Waals surface area contributed by atoms with Crippen molar-refractivity contribution in [2.45, 2.75) is 32.2 Å². The molecule has 1 aromatic carbocycles. The molecule has 2 atom stereocenters. The minimum absolute atomic E-state index is 0.0520. The van der Waals surface area contributed by atoms with Gasteiger partial charge in [-0.05, 0) is 55.0 Å². The van der Waals surface area contributed by atoms with E-state index in [1.807, 2.05) is 12.1 Å². The zero-order valence-corrected chi connectivity index (χ0v) is 14.0. The number of aromatic nitrogens is 1. The maximum Gasteiger partial charge on any atom is 0.255 e. The van der Waals surface area contributed by atoms with Crippen molar-refractivity contribution >= 4 is 17.5 Å². The predicted octanol–water partition coefficient (Wildman–Crippen LogP) is 3.14. The number of pyridine rings is 1. The first-order valence-electron chi connectivity index (χ1n) is 8.76. The van der Waals surface area contributed by atoms with Gasteiger partial charge in [0.1, 0.15) is 0 Å². The molecule has 128 valence electrons. The Morgan fingerprint density at radius 3 is 2.68 bits per heavy atom. The largest absolute Gasteiger partial charge is 0.352 e. The van der Waals surface area contributed by atoms with Crippen LogP contribution in [0.25, 0.3) is 0 Å². The number of rotatable bonds is 5. The minimum Gasteiger partial charge on any atom is -0.352 e. The monoisotopic (exact) mass is 335 g/mol. The first-order chi connectivity index (χ1) is 12.2. The van der Waals surface area contributed by atoms with Crippen LogP contribution >= 0.6 is 0 Å².